The summed E-state index contributed by atoms with van der Waals surface area (Å²) in [5, 5.41) is 0. The second-order valence-electron chi connectivity index (χ2n) is 3.90. The van der Waals surface area contributed by atoms with Crippen LogP contribution in [0.4, 0.5) is 0 Å². The van der Waals surface area contributed by atoms with Crippen LogP contribution in [0.2, 0.25) is 0 Å². The molecule has 5 heteroatoms. The Hall–Kier alpha value is -1.85. The lowest BCUT2D eigenvalue weighted by Crippen LogP contribution is -1.97. The quantitative estimate of drug-likeness (QED) is 0.717. The van der Waals surface area contributed by atoms with Gasteiger partial charge in [0.05, 0.1) is 5.52 Å². The van der Waals surface area contributed by atoms with Crippen molar-refractivity contribution < 1.29 is 4.55 Å². The van der Waals surface area contributed by atoms with E-state index in [2.05, 4.69) is 15.0 Å². The first-order valence-electron chi connectivity index (χ1n) is 5.49. The van der Waals surface area contributed by atoms with Gasteiger partial charge in [-0.1, -0.05) is 12.1 Å². The minimum Gasteiger partial charge on any atom is -0.612 e. The van der Waals surface area contributed by atoms with E-state index < -0.39 is 11.2 Å². The van der Waals surface area contributed by atoms with Crippen LogP contribution in [0.15, 0.2) is 47.5 Å². The Kier molecular flexibility index (Phi) is 2.77. The van der Waals surface area contributed by atoms with Gasteiger partial charge in [-0.25, -0.2) is 4.98 Å². The summed E-state index contributed by atoms with van der Waals surface area (Å²) in [7, 11) is 0. The fraction of sp³-hybridized carbons (Fsp3) is 0.0769. The second kappa shape index (κ2) is 4.44. The van der Waals surface area contributed by atoms with E-state index in [4.69, 9.17) is 0 Å². The third-order valence-electron chi connectivity index (χ3n) is 2.70. The minimum atomic E-state index is -1.04. The minimum absolute atomic E-state index is 0.698. The number of hydrogen-bond acceptors (Lipinski definition) is 3. The van der Waals surface area contributed by atoms with Gasteiger partial charge in [-0.3, -0.25) is 4.98 Å². The van der Waals surface area contributed by atoms with E-state index in [0.717, 1.165) is 21.6 Å². The highest BCUT2D eigenvalue weighted by molar-refractivity contribution is 7.91. The average molecular weight is 257 g/mol. The number of nitrogens with one attached hydrogen (secondary N) is 1. The molecular formula is C13H11N3OS. The van der Waals surface area contributed by atoms with Gasteiger partial charge in [0.1, 0.15) is 17.5 Å². The summed E-state index contributed by atoms with van der Waals surface area (Å²) in [5.74, 6) is 0.698. The number of hydrogen-bond donors (Lipinski definition) is 1. The van der Waals surface area contributed by atoms with E-state index in [9.17, 15) is 4.55 Å². The van der Waals surface area contributed by atoms with E-state index in [-0.39, 0.29) is 0 Å². The molecule has 1 N–H and O–H groups in total. The monoisotopic (exact) mass is 257 g/mol. The van der Waals surface area contributed by atoms with Crippen LogP contribution in [-0.2, 0) is 11.2 Å². The fourth-order valence-electron chi connectivity index (χ4n) is 1.87. The predicted octanol–water partition coefficient (Wildman–Crippen LogP) is 2.36. The Morgan fingerprint density at radius 3 is 2.78 bits per heavy atom. The van der Waals surface area contributed by atoms with Gasteiger partial charge in [-0.2, -0.15) is 0 Å². The highest BCUT2D eigenvalue weighted by atomic mass is 32.2. The van der Waals surface area contributed by atoms with Crippen LogP contribution in [0.25, 0.3) is 22.6 Å². The second-order valence-corrected chi connectivity index (χ2v) is 5.25. The molecule has 0 aliphatic carbocycles. The van der Waals surface area contributed by atoms with Crippen LogP contribution in [0.5, 0.6) is 0 Å². The molecule has 0 amide bonds. The van der Waals surface area contributed by atoms with Gasteiger partial charge in [0, 0.05) is 6.20 Å². The maximum Gasteiger partial charge on any atom is 0.178 e. The van der Waals surface area contributed by atoms with E-state index in [1.165, 1.54) is 0 Å². The van der Waals surface area contributed by atoms with Gasteiger partial charge < -0.3 is 9.54 Å². The van der Waals surface area contributed by atoms with E-state index in [0.29, 0.717) is 5.82 Å². The highest BCUT2D eigenvalue weighted by Gasteiger charge is 2.14. The molecule has 1 aromatic carbocycles. The number of fused-ring (bicyclic) bond motifs is 1. The number of aromatic nitrogens is 3. The van der Waals surface area contributed by atoms with Crippen molar-refractivity contribution in [3.8, 4) is 11.5 Å². The molecule has 0 saturated carbocycles. The summed E-state index contributed by atoms with van der Waals surface area (Å²) < 4.78 is 11.7. The Morgan fingerprint density at radius 2 is 2.06 bits per heavy atom. The van der Waals surface area contributed by atoms with E-state index in [1.807, 2.05) is 36.4 Å². The van der Waals surface area contributed by atoms with Crippen LogP contribution < -0.4 is 0 Å². The molecule has 2 aromatic heterocycles. The van der Waals surface area contributed by atoms with E-state index in [1.54, 1.807) is 12.5 Å². The smallest absolute Gasteiger partial charge is 0.178 e. The molecule has 1 unspecified atom stereocenters. The maximum absolute atomic E-state index is 11.7. The molecule has 2 heterocycles. The molecule has 3 aromatic rings. The van der Waals surface area contributed by atoms with Crippen molar-refractivity contribution in [3.63, 3.8) is 0 Å². The topological polar surface area (TPSA) is 64.6 Å². The molecule has 1 atom stereocenters. The number of rotatable bonds is 2. The third-order valence-corrected chi connectivity index (χ3v) is 3.66. The largest absolute Gasteiger partial charge is 0.612 e. The number of H-pyrrole nitrogens is 1. The molecule has 0 bridgehead atoms. The normalized spacial score (nSPS) is 12.8. The first-order chi connectivity index (χ1) is 8.75. The third kappa shape index (κ3) is 1.87. The molecule has 0 fully saturated rings. The molecule has 0 spiro atoms. The van der Waals surface area contributed by atoms with Gasteiger partial charge in [-0.15, -0.1) is 0 Å². The van der Waals surface area contributed by atoms with Crippen LogP contribution in [0.3, 0.4) is 0 Å². The van der Waals surface area contributed by atoms with Gasteiger partial charge >= 0.3 is 0 Å². The van der Waals surface area contributed by atoms with Gasteiger partial charge in [0.2, 0.25) is 0 Å². The van der Waals surface area contributed by atoms with Crippen LogP contribution in [-0.4, -0.2) is 25.8 Å². The molecule has 0 aliphatic rings. The molecule has 90 valence electrons. The SMILES string of the molecule is C[S+]([O-])c1cccc2nc(-c3ccccn3)[nH]c12. The Labute approximate surface area is 107 Å². The molecule has 0 radical (unpaired) electrons. The number of aromatic amines is 1. The summed E-state index contributed by atoms with van der Waals surface area (Å²) >= 11 is -1.04. The summed E-state index contributed by atoms with van der Waals surface area (Å²) in [6, 6.07) is 11.3. The number of pyridine rings is 1. The van der Waals surface area contributed by atoms with Gasteiger partial charge in [0.15, 0.2) is 10.7 Å². The lowest BCUT2D eigenvalue weighted by atomic mass is 10.3. The summed E-state index contributed by atoms with van der Waals surface area (Å²) in [6.07, 6.45) is 3.39. The summed E-state index contributed by atoms with van der Waals surface area (Å²) in [5.41, 5.74) is 2.41. The predicted molar refractivity (Wildman–Crippen MR) is 71.7 cm³/mol. The summed E-state index contributed by atoms with van der Waals surface area (Å²) in [4.78, 5) is 12.7. The molecule has 3 rings (SSSR count). The first-order valence-corrected chi connectivity index (χ1v) is 7.05. The first kappa shape index (κ1) is 11.3. The summed E-state index contributed by atoms with van der Waals surface area (Å²) in [6.45, 7) is 0. The standard InChI is InChI=1S/C13H11N3OS/c1-18(17)11-7-4-6-9-12(11)16-13(15-9)10-5-2-3-8-14-10/h2-8H,1H3,(H,15,16). The Morgan fingerprint density at radius 1 is 1.17 bits per heavy atom. The van der Waals surface area contributed by atoms with Crippen LogP contribution in [0, 0.1) is 0 Å². The van der Waals surface area contributed by atoms with Crippen molar-refractivity contribution in [1.29, 1.82) is 0 Å². The maximum atomic E-state index is 11.7. The average Bonchev–Trinajstić information content (AvgIpc) is 2.83. The fourth-order valence-corrected chi connectivity index (χ4v) is 2.58. The lowest BCUT2D eigenvalue weighted by molar-refractivity contribution is 0.601. The number of para-hydroxylation sites is 1. The molecular weight excluding hydrogens is 246 g/mol. The van der Waals surface area contributed by atoms with Crippen molar-refractivity contribution >= 4 is 22.2 Å². The number of benzene rings is 1. The zero-order chi connectivity index (χ0) is 12.5. The number of nitrogens with zero attached hydrogens (tertiary/aromatic N) is 2. The Bertz CT molecular complexity index is 679. The van der Waals surface area contributed by atoms with E-state index >= 15 is 0 Å². The lowest BCUT2D eigenvalue weighted by Gasteiger charge is -2.03. The van der Waals surface area contributed by atoms with Crippen molar-refractivity contribution in [3.05, 3.63) is 42.6 Å². The van der Waals surface area contributed by atoms with Gasteiger partial charge in [0.25, 0.3) is 0 Å². The molecule has 4 nitrogen and oxygen atoms in total. The Balaban J connectivity index is 2.20. The molecule has 0 saturated heterocycles. The van der Waals surface area contributed by atoms with Crippen LogP contribution >= 0.6 is 0 Å². The molecule has 18 heavy (non-hydrogen) atoms. The zero-order valence-electron chi connectivity index (χ0n) is 9.75. The van der Waals surface area contributed by atoms with Crippen molar-refractivity contribution in [1.82, 2.24) is 15.0 Å². The zero-order valence-corrected chi connectivity index (χ0v) is 10.6. The number of imidazole rings is 1. The van der Waals surface area contributed by atoms with Crippen molar-refractivity contribution in [2.75, 3.05) is 6.26 Å². The van der Waals surface area contributed by atoms with Crippen molar-refractivity contribution in [2.45, 2.75) is 4.90 Å². The highest BCUT2D eigenvalue weighted by Crippen LogP contribution is 2.24. The molecule has 0 aliphatic heterocycles. The van der Waals surface area contributed by atoms with Gasteiger partial charge in [-0.05, 0) is 35.4 Å². The van der Waals surface area contributed by atoms with Crippen LogP contribution in [0.1, 0.15) is 0 Å². The van der Waals surface area contributed by atoms with Crippen molar-refractivity contribution in [2.24, 2.45) is 0 Å².